The molecule has 170 valence electrons. The van der Waals surface area contributed by atoms with Crippen molar-refractivity contribution in [2.75, 3.05) is 0 Å². The number of esters is 1. The van der Waals surface area contributed by atoms with E-state index in [1.54, 1.807) is 38.1 Å². The number of ether oxygens (including phenoxy) is 1. The number of rotatable bonds is 7. The van der Waals surface area contributed by atoms with Crippen molar-refractivity contribution in [2.45, 2.75) is 77.5 Å². The maximum atomic E-state index is 12.9. The number of amides is 2. The van der Waals surface area contributed by atoms with Crippen molar-refractivity contribution in [3.8, 4) is 0 Å². The van der Waals surface area contributed by atoms with Gasteiger partial charge in [-0.05, 0) is 57.0 Å². The summed E-state index contributed by atoms with van der Waals surface area (Å²) in [5.41, 5.74) is -0.867. The Morgan fingerprint density at radius 3 is 2.26 bits per heavy atom. The summed E-state index contributed by atoms with van der Waals surface area (Å²) in [5.74, 6) is -1.47. The number of benzene rings is 1. The summed E-state index contributed by atoms with van der Waals surface area (Å²) in [5, 5.41) is 8.44. The summed E-state index contributed by atoms with van der Waals surface area (Å²) >= 11 is 5.22. The Bertz CT molecular complexity index is 789. The lowest BCUT2D eigenvalue weighted by atomic mass is 9.94. The molecule has 7 nitrogen and oxygen atoms in total. The molecule has 1 aliphatic rings. The van der Waals surface area contributed by atoms with Gasteiger partial charge in [-0.25, -0.2) is 4.79 Å². The molecule has 2 rings (SSSR count). The van der Waals surface area contributed by atoms with E-state index in [1.807, 2.05) is 19.9 Å². The minimum Gasteiger partial charge on any atom is -0.448 e. The van der Waals surface area contributed by atoms with Crippen LogP contribution in [0.5, 0.6) is 0 Å². The van der Waals surface area contributed by atoms with E-state index in [2.05, 4.69) is 16.0 Å². The highest BCUT2D eigenvalue weighted by molar-refractivity contribution is 7.80. The van der Waals surface area contributed by atoms with Crippen molar-refractivity contribution >= 4 is 35.1 Å². The summed E-state index contributed by atoms with van der Waals surface area (Å²) in [7, 11) is 0. The summed E-state index contributed by atoms with van der Waals surface area (Å²) in [6, 6.07) is 7.95. The van der Waals surface area contributed by atoms with Crippen molar-refractivity contribution in [1.82, 2.24) is 16.0 Å². The van der Waals surface area contributed by atoms with E-state index in [0.29, 0.717) is 5.56 Å². The highest BCUT2D eigenvalue weighted by Gasteiger charge is 2.37. The highest BCUT2D eigenvalue weighted by Crippen LogP contribution is 2.20. The Hall–Kier alpha value is -2.48. The molecule has 0 spiro atoms. The van der Waals surface area contributed by atoms with E-state index in [0.717, 1.165) is 25.7 Å². The van der Waals surface area contributed by atoms with Gasteiger partial charge in [-0.2, -0.15) is 0 Å². The molecule has 0 bridgehead atoms. The van der Waals surface area contributed by atoms with Gasteiger partial charge in [0.1, 0.15) is 6.04 Å². The number of hydrogen-bond acceptors (Lipinski definition) is 5. The van der Waals surface area contributed by atoms with Crippen molar-refractivity contribution in [1.29, 1.82) is 0 Å². The van der Waals surface area contributed by atoms with Gasteiger partial charge in [-0.3, -0.25) is 14.9 Å². The Labute approximate surface area is 189 Å². The van der Waals surface area contributed by atoms with E-state index >= 15 is 0 Å². The second-order valence-electron chi connectivity index (χ2n) is 8.76. The predicted molar refractivity (Wildman–Crippen MR) is 123 cm³/mol. The van der Waals surface area contributed by atoms with E-state index in [1.165, 1.54) is 6.42 Å². The normalized spacial score (nSPS) is 15.6. The van der Waals surface area contributed by atoms with Gasteiger partial charge in [0.15, 0.2) is 10.7 Å². The second-order valence-corrected chi connectivity index (χ2v) is 9.16. The lowest BCUT2D eigenvalue weighted by Gasteiger charge is -2.31. The number of thiocarbonyl (C=S) groups is 1. The topological polar surface area (TPSA) is 96.5 Å². The molecule has 0 heterocycles. The minimum atomic E-state index is -1.32. The van der Waals surface area contributed by atoms with Crippen LogP contribution in [0.1, 0.15) is 70.2 Å². The third-order valence-corrected chi connectivity index (χ3v) is 5.53. The molecule has 1 aliphatic carbocycles. The molecule has 1 atom stereocenters. The smallest absolute Gasteiger partial charge is 0.329 e. The number of nitrogens with one attached hydrogen (secondary N) is 3. The van der Waals surface area contributed by atoms with Gasteiger partial charge in [0.2, 0.25) is 0 Å². The lowest BCUT2D eigenvalue weighted by molar-refractivity contribution is -0.167. The average Bonchev–Trinajstić information content (AvgIpc) is 2.72. The van der Waals surface area contributed by atoms with Gasteiger partial charge in [0.05, 0.1) is 0 Å². The van der Waals surface area contributed by atoms with Gasteiger partial charge >= 0.3 is 5.97 Å². The molecular weight excluding hydrogens is 414 g/mol. The van der Waals surface area contributed by atoms with Crippen LogP contribution in [0.15, 0.2) is 30.3 Å². The zero-order valence-electron chi connectivity index (χ0n) is 18.7. The number of hydrogen-bond donors (Lipinski definition) is 3. The van der Waals surface area contributed by atoms with Crippen molar-refractivity contribution in [2.24, 2.45) is 5.92 Å². The van der Waals surface area contributed by atoms with Gasteiger partial charge < -0.3 is 15.4 Å². The molecule has 1 fully saturated rings. The molecule has 1 aromatic carbocycles. The van der Waals surface area contributed by atoms with Crippen LogP contribution in [-0.2, 0) is 14.3 Å². The summed E-state index contributed by atoms with van der Waals surface area (Å²) in [6.07, 6.45) is 5.27. The zero-order valence-corrected chi connectivity index (χ0v) is 19.5. The van der Waals surface area contributed by atoms with Crippen LogP contribution >= 0.6 is 12.2 Å². The molecule has 0 saturated heterocycles. The Kier molecular flexibility index (Phi) is 8.98. The first-order chi connectivity index (χ1) is 14.6. The Balaban J connectivity index is 1.94. The molecule has 1 unspecified atom stereocenters. The molecule has 2 amide bonds. The molecule has 8 heteroatoms. The van der Waals surface area contributed by atoms with Gasteiger partial charge in [-0.15, -0.1) is 0 Å². The maximum Gasteiger partial charge on any atom is 0.329 e. The van der Waals surface area contributed by atoms with Crippen LogP contribution in [0.2, 0.25) is 0 Å². The van der Waals surface area contributed by atoms with Crippen LogP contribution in [0.4, 0.5) is 0 Å². The van der Waals surface area contributed by atoms with Crippen LogP contribution in [0.3, 0.4) is 0 Å². The third-order valence-electron chi connectivity index (χ3n) is 5.31. The molecule has 0 radical (unpaired) electrons. The monoisotopic (exact) mass is 447 g/mol. The molecule has 3 N–H and O–H groups in total. The first-order valence-electron chi connectivity index (χ1n) is 10.8. The summed E-state index contributed by atoms with van der Waals surface area (Å²) in [6.45, 7) is 6.82. The van der Waals surface area contributed by atoms with Crippen LogP contribution in [0.25, 0.3) is 0 Å². The molecule has 0 aliphatic heterocycles. The van der Waals surface area contributed by atoms with Crippen LogP contribution in [0, 0.1) is 5.92 Å². The van der Waals surface area contributed by atoms with Gasteiger partial charge in [0, 0.05) is 11.6 Å². The molecule has 31 heavy (non-hydrogen) atoms. The van der Waals surface area contributed by atoms with Crippen molar-refractivity contribution < 1.29 is 19.1 Å². The first kappa shape index (κ1) is 24.8. The van der Waals surface area contributed by atoms with Crippen molar-refractivity contribution in [3.63, 3.8) is 0 Å². The zero-order chi connectivity index (χ0) is 23.0. The Morgan fingerprint density at radius 1 is 1.06 bits per heavy atom. The maximum absolute atomic E-state index is 12.9. The molecule has 1 saturated carbocycles. The van der Waals surface area contributed by atoms with Gasteiger partial charge in [-0.1, -0.05) is 51.3 Å². The molecular formula is C23H33N3O4S. The van der Waals surface area contributed by atoms with Crippen LogP contribution < -0.4 is 16.0 Å². The summed E-state index contributed by atoms with van der Waals surface area (Å²) < 4.78 is 5.57. The number of carbonyl (C=O) groups excluding carboxylic acids is 3. The summed E-state index contributed by atoms with van der Waals surface area (Å²) in [4.78, 5) is 37.8. The lowest BCUT2D eigenvalue weighted by Crippen LogP contribution is -2.55. The van der Waals surface area contributed by atoms with Gasteiger partial charge in [0.25, 0.3) is 11.8 Å². The largest absolute Gasteiger partial charge is 0.448 e. The Morgan fingerprint density at radius 2 is 1.68 bits per heavy atom. The van der Waals surface area contributed by atoms with E-state index in [-0.39, 0.29) is 28.9 Å². The SMILES string of the molecule is CC(C)C(NC(=S)NC(=O)c1ccccc1)C(=O)OC(C)(C)C(=O)NC1CCCCC1. The predicted octanol–water partition coefficient (Wildman–Crippen LogP) is 3.09. The van der Waals surface area contributed by atoms with Crippen molar-refractivity contribution in [3.05, 3.63) is 35.9 Å². The average molecular weight is 448 g/mol. The quantitative estimate of drug-likeness (QED) is 0.439. The first-order valence-corrected chi connectivity index (χ1v) is 11.2. The fraction of sp³-hybridized carbons (Fsp3) is 0.565. The van der Waals surface area contributed by atoms with E-state index in [9.17, 15) is 14.4 Å². The number of carbonyl (C=O) groups is 3. The van der Waals surface area contributed by atoms with E-state index < -0.39 is 17.6 Å². The molecule has 0 aromatic heterocycles. The fourth-order valence-electron chi connectivity index (χ4n) is 3.41. The molecule has 1 aromatic rings. The van der Waals surface area contributed by atoms with Crippen LogP contribution in [-0.4, -0.2) is 40.6 Å². The standard InChI is InChI=1S/C23H33N3O4S/c1-15(2)18(25-22(31)26-19(27)16-11-7-5-8-12-16)20(28)30-23(3,4)21(29)24-17-13-9-6-10-14-17/h5,7-8,11-12,15,17-18H,6,9-10,13-14H2,1-4H3,(H,24,29)(H2,25,26,27,31). The minimum absolute atomic E-state index is 0.0222. The highest BCUT2D eigenvalue weighted by atomic mass is 32.1. The fourth-order valence-corrected chi connectivity index (χ4v) is 3.63. The van der Waals surface area contributed by atoms with E-state index in [4.69, 9.17) is 17.0 Å². The second kappa shape index (κ2) is 11.2. The third kappa shape index (κ3) is 7.61.